The summed E-state index contributed by atoms with van der Waals surface area (Å²) < 4.78 is 13.1. The quantitative estimate of drug-likeness (QED) is 0.858. The molecule has 0 aromatic carbocycles. The van der Waals surface area contributed by atoms with Gasteiger partial charge >= 0.3 is 0 Å². The molecule has 0 radical (unpaired) electrons. The Bertz CT molecular complexity index is 695. The summed E-state index contributed by atoms with van der Waals surface area (Å²) in [6, 6.07) is 5.52. The summed E-state index contributed by atoms with van der Waals surface area (Å²) in [4.78, 5) is 14.6. The third-order valence-corrected chi connectivity index (χ3v) is 4.59. The molecular weight excluding hydrogens is 320 g/mol. The highest BCUT2D eigenvalue weighted by Crippen LogP contribution is 2.13. The van der Waals surface area contributed by atoms with E-state index in [2.05, 4.69) is 21.4 Å². The Morgan fingerprint density at radius 3 is 3.00 bits per heavy atom. The lowest BCUT2D eigenvalue weighted by atomic mass is 10.2. The first-order valence-corrected chi connectivity index (χ1v) is 8.69. The normalized spacial score (nSPS) is 19.7. The highest BCUT2D eigenvalue weighted by molar-refractivity contribution is 5.81. The fraction of sp³-hybridized carbons (Fsp3) is 0.556. The Labute approximate surface area is 147 Å². The minimum Gasteiger partial charge on any atom is -0.467 e. The van der Waals surface area contributed by atoms with Crippen molar-refractivity contribution in [1.82, 2.24) is 20.0 Å². The number of ether oxygens (including phenoxy) is 1. The van der Waals surface area contributed by atoms with Crippen LogP contribution in [0.1, 0.15) is 24.1 Å². The molecule has 0 bridgehead atoms. The lowest BCUT2D eigenvalue weighted by Crippen LogP contribution is -2.53. The summed E-state index contributed by atoms with van der Waals surface area (Å²) in [6.07, 6.45) is 1.64. The van der Waals surface area contributed by atoms with Gasteiger partial charge in [-0.15, -0.1) is 0 Å². The van der Waals surface area contributed by atoms with E-state index in [0.29, 0.717) is 26.2 Å². The first-order valence-electron chi connectivity index (χ1n) is 8.69. The van der Waals surface area contributed by atoms with Gasteiger partial charge in [-0.2, -0.15) is 5.10 Å². The zero-order valence-electron chi connectivity index (χ0n) is 15.1. The van der Waals surface area contributed by atoms with Crippen molar-refractivity contribution in [3.63, 3.8) is 0 Å². The topological polar surface area (TPSA) is 72.5 Å². The van der Waals surface area contributed by atoms with E-state index in [4.69, 9.17) is 9.15 Å². The largest absolute Gasteiger partial charge is 0.467 e. The lowest BCUT2D eigenvalue weighted by Gasteiger charge is -2.36. The molecule has 0 saturated carbocycles. The lowest BCUT2D eigenvalue weighted by molar-refractivity contribution is -0.129. The van der Waals surface area contributed by atoms with E-state index >= 15 is 0 Å². The van der Waals surface area contributed by atoms with Crippen LogP contribution >= 0.6 is 0 Å². The molecule has 0 aliphatic carbocycles. The van der Waals surface area contributed by atoms with Crippen LogP contribution in [0, 0.1) is 13.8 Å². The summed E-state index contributed by atoms with van der Waals surface area (Å²) in [7, 11) is 0. The number of rotatable bonds is 6. The molecule has 2 aromatic heterocycles. The third-order valence-electron chi connectivity index (χ3n) is 4.59. The number of amides is 1. The van der Waals surface area contributed by atoms with E-state index in [-0.39, 0.29) is 18.1 Å². The SMILES string of the molecule is Cc1cc(C)n(C[C@@H]2CN([C@H](C)C(=O)NCc3ccco3)CCO2)n1. The van der Waals surface area contributed by atoms with E-state index < -0.39 is 0 Å². The molecule has 1 amide bonds. The van der Waals surface area contributed by atoms with Gasteiger partial charge in [0, 0.05) is 18.8 Å². The average molecular weight is 346 g/mol. The van der Waals surface area contributed by atoms with Crippen LogP contribution in [0.25, 0.3) is 0 Å². The van der Waals surface area contributed by atoms with Gasteiger partial charge in [0.1, 0.15) is 5.76 Å². The Morgan fingerprint density at radius 2 is 2.32 bits per heavy atom. The Morgan fingerprint density at radius 1 is 1.48 bits per heavy atom. The molecule has 1 aliphatic rings. The second-order valence-corrected chi connectivity index (χ2v) is 6.57. The fourth-order valence-corrected chi connectivity index (χ4v) is 3.16. The van der Waals surface area contributed by atoms with Crippen molar-refractivity contribution in [2.75, 3.05) is 19.7 Å². The van der Waals surface area contributed by atoms with Crippen molar-refractivity contribution < 1.29 is 13.9 Å². The summed E-state index contributed by atoms with van der Waals surface area (Å²) in [6.45, 7) is 9.18. The van der Waals surface area contributed by atoms with E-state index in [1.807, 2.05) is 37.6 Å². The molecule has 2 aromatic rings. The minimum atomic E-state index is -0.207. The first kappa shape index (κ1) is 17.7. The number of nitrogens with zero attached hydrogens (tertiary/aromatic N) is 3. The molecule has 7 heteroatoms. The predicted molar refractivity (Wildman–Crippen MR) is 93.0 cm³/mol. The van der Waals surface area contributed by atoms with Gasteiger partial charge in [0.05, 0.1) is 43.8 Å². The average Bonchev–Trinajstić information content (AvgIpc) is 3.22. The number of aromatic nitrogens is 2. The van der Waals surface area contributed by atoms with Crippen LogP contribution in [0.15, 0.2) is 28.9 Å². The van der Waals surface area contributed by atoms with Crippen molar-refractivity contribution in [2.24, 2.45) is 0 Å². The Kier molecular flexibility index (Phi) is 5.55. The molecular formula is C18H26N4O3. The number of nitrogens with one attached hydrogen (secondary N) is 1. The van der Waals surface area contributed by atoms with Gasteiger partial charge in [-0.05, 0) is 39.0 Å². The second kappa shape index (κ2) is 7.84. The molecule has 1 fully saturated rings. The van der Waals surface area contributed by atoms with Crippen molar-refractivity contribution >= 4 is 5.91 Å². The van der Waals surface area contributed by atoms with Crippen LogP contribution in [0.3, 0.4) is 0 Å². The number of carbonyl (C=O) groups excluding carboxylic acids is 1. The van der Waals surface area contributed by atoms with Gasteiger partial charge in [-0.1, -0.05) is 0 Å². The van der Waals surface area contributed by atoms with Gasteiger partial charge in [-0.25, -0.2) is 0 Å². The minimum absolute atomic E-state index is 0.00293. The van der Waals surface area contributed by atoms with Crippen LogP contribution < -0.4 is 5.32 Å². The zero-order chi connectivity index (χ0) is 17.8. The summed E-state index contributed by atoms with van der Waals surface area (Å²) in [5.41, 5.74) is 2.14. The Hall–Kier alpha value is -2.12. The monoisotopic (exact) mass is 346 g/mol. The van der Waals surface area contributed by atoms with Gasteiger partial charge in [0.2, 0.25) is 5.91 Å². The Balaban J connectivity index is 1.53. The second-order valence-electron chi connectivity index (χ2n) is 6.57. The van der Waals surface area contributed by atoms with Gasteiger partial charge < -0.3 is 14.5 Å². The standard InChI is InChI=1S/C18H26N4O3/c1-13-9-14(2)22(20-13)12-17-11-21(6-8-25-17)15(3)18(23)19-10-16-5-4-7-24-16/h4-5,7,9,15,17H,6,8,10-12H2,1-3H3,(H,19,23)/t15-,17+/m1/s1. The molecule has 136 valence electrons. The van der Waals surface area contributed by atoms with E-state index in [1.54, 1.807) is 6.26 Å². The third kappa shape index (κ3) is 4.49. The van der Waals surface area contributed by atoms with Gasteiger partial charge in [0.15, 0.2) is 0 Å². The first-order chi connectivity index (χ1) is 12.0. The number of hydrogen-bond acceptors (Lipinski definition) is 5. The molecule has 1 N–H and O–H groups in total. The summed E-state index contributed by atoms with van der Waals surface area (Å²) >= 11 is 0. The maximum Gasteiger partial charge on any atom is 0.237 e. The van der Waals surface area contributed by atoms with Crippen LogP contribution in [-0.2, 0) is 22.6 Å². The van der Waals surface area contributed by atoms with Crippen molar-refractivity contribution in [1.29, 1.82) is 0 Å². The number of morpholine rings is 1. The molecule has 3 rings (SSSR count). The number of carbonyl (C=O) groups is 1. The molecule has 25 heavy (non-hydrogen) atoms. The summed E-state index contributed by atoms with van der Waals surface area (Å²) in [5, 5.41) is 7.42. The van der Waals surface area contributed by atoms with E-state index in [0.717, 1.165) is 23.7 Å². The van der Waals surface area contributed by atoms with Gasteiger partial charge in [0.25, 0.3) is 0 Å². The highest BCUT2D eigenvalue weighted by Gasteiger charge is 2.28. The van der Waals surface area contributed by atoms with Crippen LogP contribution in [-0.4, -0.2) is 52.4 Å². The predicted octanol–water partition coefficient (Wildman–Crippen LogP) is 1.50. The fourth-order valence-electron chi connectivity index (χ4n) is 3.16. The molecule has 0 unspecified atom stereocenters. The molecule has 1 aliphatic heterocycles. The van der Waals surface area contributed by atoms with E-state index in [1.165, 1.54) is 0 Å². The molecule has 0 spiro atoms. The van der Waals surface area contributed by atoms with Crippen molar-refractivity contribution in [2.45, 2.75) is 46.0 Å². The zero-order valence-corrected chi connectivity index (χ0v) is 15.1. The van der Waals surface area contributed by atoms with E-state index in [9.17, 15) is 4.79 Å². The molecule has 1 saturated heterocycles. The van der Waals surface area contributed by atoms with Crippen molar-refractivity contribution in [3.05, 3.63) is 41.6 Å². The number of aryl methyl sites for hydroxylation is 2. The smallest absolute Gasteiger partial charge is 0.237 e. The summed E-state index contributed by atoms with van der Waals surface area (Å²) in [5.74, 6) is 0.757. The van der Waals surface area contributed by atoms with Crippen LogP contribution in [0.4, 0.5) is 0 Å². The number of hydrogen-bond donors (Lipinski definition) is 1. The maximum absolute atomic E-state index is 12.4. The number of furan rings is 1. The molecule has 2 atom stereocenters. The van der Waals surface area contributed by atoms with Crippen LogP contribution in [0.5, 0.6) is 0 Å². The van der Waals surface area contributed by atoms with Crippen LogP contribution in [0.2, 0.25) is 0 Å². The van der Waals surface area contributed by atoms with Crippen molar-refractivity contribution in [3.8, 4) is 0 Å². The van der Waals surface area contributed by atoms with Gasteiger partial charge in [-0.3, -0.25) is 14.4 Å². The maximum atomic E-state index is 12.4. The highest BCUT2D eigenvalue weighted by atomic mass is 16.5. The molecule has 7 nitrogen and oxygen atoms in total. The molecule has 3 heterocycles.